The van der Waals surface area contributed by atoms with Gasteiger partial charge in [0.15, 0.2) is 0 Å². The molecule has 2 amide bonds. The molecule has 0 unspecified atom stereocenters. The average Bonchev–Trinajstić information content (AvgIpc) is 3.36. The summed E-state index contributed by atoms with van der Waals surface area (Å²) in [6.07, 6.45) is 2.04. The molecule has 0 saturated heterocycles. The van der Waals surface area contributed by atoms with E-state index in [0.29, 0.717) is 35.7 Å². The van der Waals surface area contributed by atoms with Crippen LogP contribution in [0, 0.1) is 0 Å². The van der Waals surface area contributed by atoms with Gasteiger partial charge in [-0.1, -0.05) is 66.7 Å². The van der Waals surface area contributed by atoms with E-state index in [1.54, 1.807) is 29.2 Å². The minimum atomic E-state index is -0.256. The first-order chi connectivity index (χ1) is 19.1. The maximum atomic E-state index is 13.8. The zero-order chi connectivity index (χ0) is 26.8. The van der Waals surface area contributed by atoms with Crippen LogP contribution in [-0.4, -0.2) is 23.5 Å². The number of aromatic nitrogens is 1. The number of nitrogens with one attached hydrogen (secondary N) is 1. The summed E-state index contributed by atoms with van der Waals surface area (Å²) in [6, 6.07) is 34.4. The number of benzene rings is 4. The fraction of sp³-hybridized carbons (Fsp3) is 0.0909. The van der Waals surface area contributed by atoms with Crippen molar-refractivity contribution in [3.8, 4) is 16.9 Å². The van der Waals surface area contributed by atoms with Crippen LogP contribution >= 0.6 is 0 Å². The fourth-order valence-electron chi connectivity index (χ4n) is 5.09. The Bertz CT molecular complexity index is 1670. The third-order valence-electron chi connectivity index (χ3n) is 7.07. The molecule has 0 aliphatic carbocycles. The molecule has 39 heavy (non-hydrogen) atoms. The molecule has 1 aromatic heterocycles. The molecule has 0 saturated carbocycles. The minimum Gasteiger partial charge on any atom is -0.495 e. The van der Waals surface area contributed by atoms with Gasteiger partial charge >= 0.3 is 0 Å². The Labute approximate surface area is 227 Å². The van der Waals surface area contributed by atoms with Crippen molar-refractivity contribution in [2.45, 2.75) is 13.1 Å². The van der Waals surface area contributed by atoms with Crippen molar-refractivity contribution < 1.29 is 14.3 Å². The van der Waals surface area contributed by atoms with Crippen LogP contribution in [0.2, 0.25) is 0 Å². The van der Waals surface area contributed by atoms with E-state index in [-0.39, 0.29) is 11.8 Å². The van der Waals surface area contributed by atoms with Gasteiger partial charge in [0.1, 0.15) is 5.75 Å². The Morgan fingerprint density at radius 3 is 2.41 bits per heavy atom. The van der Waals surface area contributed by atoms with Crippen molar-refractivity contribution in [1.29, 1.82) is 0 Å². The molecule has 192 valence electrons. The molecule has 1 N–H and O–H groups in total. The van der Waals surface area contributed by atoms with E-state index in [2.05, 4.69) is 16.0 Å². The highest BCUT2D eigenvalue weighted by Crippen LogP contribution is 2.32. The summed E-state index contributed by atoms with van der Waals surface area (Å²) >= 11 is 0. The van der Waals surface area contributed by atoms with Gasteiger partial charge in [-0.3, -0.25) is 9.59 Å². The zero-order valence-electron chi connectivity index (χ0n) is 21.5. The van der Waals surface area contributed by atoms with Crippen molar-refractivity contribution in [3.05, 3.63) is 138 Å². The summed E-state index contributed by atoms with van der Waals surface area (Å²) in [7, 11) is 1.53. The normalized spacial score (nSPS) is 12.2. The number of hydrogen-bond acceptors (Lipinski definition) is 3. The molecule has 6 nitrogen and oxygen atoms in total. The number of amides is 2. The molecule has 0 fully saturated rings. The number of fused-ring (bicyclic) bond motifs is 2. The summed E-state index contributed by atoms with van der Waals surface area (Å²) in [5.74, 6) is 0.0228. The summed E-state index contributed by atoms with van der Waals surface area (Å²) < 4.78 is 7.79. The van der Waals surface area contributed by atoms with Crippen LogP contribution in [0.15, 0.2) is 115 Å². The van der Waals surface area contributed by atoms with Gasteiger partial charge < -0.3 is 19.5 Å². The van der Waals surface area contributed by atoms with Gasteiger partial charge in [-0.05, 0) is 59.2 Å². The Morgan fingerprint density at radius 2 is 1.56 bits per heavy atom. The maximum absolute atomic E-state index is 13.8. The number of carbonyl (C=O) groups excluding carboxylic acids is 2. The standard InChI is InChI=1S/C33H27N3O3/c1-39-31-20-24(33(38)36-22-26-13-9-19-35(26)21-25-12-5-8-16-30(25)36)17-18-29(31)34-32(37)28-15-7-6-14-27(28)23-10-3-2-4-11-23/h2-20H,21-22H2,1H3,(H,34,37). The smallest absolute Gasteiger partial charge is 0.258 e. The topological polar surface area (TPSA) is 63.6 Å². The molecule has 2 heterocycles. The number of para-hydroxylation sites is 1. The van der Waals surface area contributed by atoms with Crippen LogP contribution in [0.3, 0.4) is 0 Å². The molecule has 0 atom stereocenters. The van der Waals surface area contributed by atoms with Crippen molar-refractivity contribution >= 4 is 23.2 Å². The van der Waals surface area contributed by atoms with E-state index < -0.39 is 0 Å². The summed E-state index contributed by atoms with van der Waals surface area (Å²) in [6.45, 7) is 1.17. The van der Waals surface area contributed by atoms with Gasteiger partial charge in [0, 0.05) is 35.2 Å². The summed E-state index contributed by atoms with van der Waals surface area (Å²) in [5.41, 5.74) is 6.35. The highest BCUT2D eigenvalue weighted by Gasteiger charge is 2.25. The molecule has 0 spiro atoms. The first-order valence-corrected chi connectivity index (χ1v) is 12.8. The summed E-state index contributed by atoms with van der Waals surface area (Å²) in [5, 5.41) is 2.98. The van der Waals surface area contributed by atoms with Crippen LogP contribution in [0.4, 0.5) is 11.4 Å². The first kappa shape index (κ1) is 24.2. The average molecular weight is 514 g/mol. The molecule has 0 bridgehead atoms. The number of carbonyl (C=O) groups is 2. The van der Waals surface area contributed by atoms with Crippen LogP contribution < -0.4 is 15.0 Å². The maximum Gasteiger partial charge on any atom is 0.258 e. The number of anilines is 2. The second kappa shape index (κ2) is 10.3. The molecule has 1 aliphatic heterocycles. The number of hydrogen-bond donors (Lipinski definition) is 1. The van der Waals surface area contributed by atoms with Gasteiger partial charge in [0.25, 0.3) is 11.8 Å². The highest BCUT2D eigenvalue weighted by atomic mass is 16.5. The third-order valence-corrected chi connectivity index (χ3v) is 7.07. The van der Waals surface area contributed by atoms with Gasteiger partial charge in [-0.15, -0.1) is 0 Å². The third kappa shape index (κ3) is 4.68. The van der Waals surface area contributed by atoms with Crippen LogP contribution in [-0.2, 0) is 13.1 Å². The Morgan fingerprint density at radius 1 is 0.795 bits per heavy atom. The van der Waals surface area contributed by atoms with Gasteiger partial charge in [0.2, 0.25) is 0 Å². The molecular formula is C33H27N3O3. The minimum absolute atomic E-state index is 0.136. The van der Waals surface area contributed by atoms with Crippen molar-refractivity contribution in [3.63, 3.8) is 0 Å². The molecule has 5 aromatic rings. The van der Waals surface area contributed by atoms with E-state index in [0.717, 1.165) is 28.1 Å². The predicted molar refractivity (Wildman–Crippen MR) is 153 cm³/mol. The summed E-state index contributed by atoms with van der Waals surface area (Å²) in [4.78, 5) is 29.0. The number of ether oxygens (including phenoxy) is 1. The Hall–Kier alpha value is -5.10. The lowest BCUT2D eigenvalue weighted by Crippen LogP contribution is -2.30. The monoisotopic (exact) mass is 513 g/mol. The number of methoxy groups -OCH3 is 1. The lowest BCUT2D eigenvalue weighted by Gasteiger charge is -2.23. The zero-order valence-corrected chi connectivity index (χ0v) is 21.5. The molecule has 0 radical (unpaired) electrons. The molecule has 4 aromatic carbocycles. The largest absolute Gasteiger partial charge is 0.495 e. The van der Waals surface area contributed by atoms with Gasteiger partial charge in [-0.2, -0.15) is 0 Å². The van der Waals surface area contributed by atoms with E-state index in [1.807, 2.05) is 85.1 Å². The molecule has 1 aliphatic rings. The Kier molecular flexibility index (Phi) is 6.43. The van der Waals surface area contributed by atoms with Crippen LogP contribution in [0.1, 0.15) is 32.0 Å². The van der Waals surface area contributed by atoms with E-state index in [1.165, 1.54) is 7.11 Å². The first-order valence-electron chi connectivity index (χ1n) is 12.8. The second-order valence-corrected chi connectivity index (χ2v) is 9.43. The fourth-order valence-corrected chi connectivity index (χ4v) is 5.09. The molecular weight excluding hydrogens is 486 g/mol. The van der Waals surface area contributed by atoms with Crippen molar-refractivity contribution in [2.24, 2.45) is 0 Å². The molecule has 6 rings (SSSR count). The van der Waals surface area contributed by atoms with Crippen LogP contribution in [0.5, 0.6) is 5.75 Å². The second-order valence-electron chi connectivity index (χ2n) is 9.43. The quantitative estimate of drug-likeness (QED) is 0.287. The lowest BCUT2D eigenvalue weighted by atomic mass is 9.99. The Balaban J connectivity index is 1.29. The van der Waals surface area contributed by atoms with E-state index >= 15 is 0 Å². The number of nitrogens with zero attached hydrogens (tertiary/aromatic N) is 2. The van der Waals surface area contributed by atoms with Crippen LogP contribution in [0.25, 0.3) is 11.1 Å². The SMILES string of the molecule is COc1cc(C(=O)N2Cc3cccn3Cc3ccccc32)ccc1NC(=O)c1ccccc1-c1ccccc1. The highest BCUT2D eigenvalue weighted by molar-refractivity contribution is 6.10. The van der Waals surface area contributed by atoms with Gasteiger partial charge in [0.05, 0.1) is 19.3 Å². The number of rotatable bonds is 5. The van der Waals surface area contributed by atoms with Crippen molar-refractivity contribution in [2.75, 3.05) is 17.3 Å². The van der Waals surface area contributed by atoms with Gasteiger partial charge in [-0.25, -0.2) is 0 Å². The van der Waals surface area contributed by atoms with E-state index in [4.69, 9.17) is 4.74 Å². The lowest BCUT2D eigenvalue weighted by molar-refractivity contribution is 0.0983. The van der Waals surface area contributed by atoms with E-state index in [9.17, 15) is 9.59 Å². The molecule has 6 heteroatoms. The predicted octanol–water partition coefficient (Wildman–Crippen LogP) is 6.62. The van der Waals surface area contributed by atoms with Crippen molar-refractivity contribution in [1.82, 2.24) is 4.57 Å².